The second-order valence-corrected chi connectivity index (χ2v) is 8.19. The quantitative estimate of drug-likeness (QED) is 0.675. The van der Waals surface area contributed by atoms with E-state index in [1.165, 1.54) is 6.92 Å². The maximum absolute atomic E-state index is 12.7. The lowest BCUT2D eigenvalue weighted by Gasteiger charge is -2.35. The molecule has 0 spiro atoms. The van der Waals surface area contributed by atoms with Gasteiger partial charge in [0.05, 0.1) is 13.2 Å². The van der Waals surface area contributed by atoms with Crippen molar-refractivity contribution in [1.82, 2.24) is 15.1 Å². The Morgan fingerprint density at radius 1 is 1.00 bits per heavy atom. The van der Waals surface area contributed by atoms with Crippen molar-refractivity contribution in [3.05, 3.63) is 59.7 Å². The monoisotopic (exact) mass is 452 g/mol. The number of carbonyl (C=O) groups is 3. The zero-order chi connectivity index (χ0) is 23.8. The van der Waals surface area contributed by atoms with Crippen LogP contribution in [0.2, 0.25) is 0 Å². The summed E-state index contributed by atoms with van der Waals surface area (Å²) < 4.78 is 5.16. The molecule has 8 nitrogen and oxygen atoms in total. The van der Waals surface area contributed by atoms with Crippen LogP contribution in [-0.4, -0.2) is 60.9 Å². The minimum atomic E-state index is -0.213. The highest BCUT2D eigenvalue weighted by molar-refractivity contribution is 5.88. The number of anilines is 1. The molecule has 4 amide bonds. The Morgan fingerprint density at radius 3 is 2.30 bits per heavy atom. The summed E-state index contributed by atoms with van der Waals surface area (Å²) in [4.78, 5) is 40.1. The van der Waals surface area contributed by atoms with Crippen LogP contribution in [-0.2, 0) is 16.0 Å². The number of hydrogen-bond donors (Lipinski definition) is 2. The molecule has 1 fully saturated rings. The molecule has 2 aromatic rings. The highest BCUT2D eigenvalue weighted by Gasteiger charge is 2.25. The molecule has 1 saturated heterocycles. The number of nitrogens with one attached hydrogen (secondary N) is 2. The van der Waals surface area contributed by atoms with E-state index in [9.17, 15) is 14.4 Å². The van der Waals surface area contributed by atoms with E-state index >= 15 is 0 Å². The molecule has 1 unspecified atom stereocenters. The summed E-state index contributed by atoms with van der Waals surface area (Å²) in [6, 6.07) is 14.8. The van der Waals surface area contributed by atoms with Crippen molar-refractivity contribution in [2.75, 3.05) is 38.6 Å². The first-order valence-corrected chi connectivity index (χ1v) is 11.2. The van der Waals surface area contributed by atoms with Gasteiger partial charge in [-0.1, -0.05) is 24.3 Å². The SMILES string of the molecule is COc1ccc(CCC(=O)N2CCN(C(=O)NC(C)c3cccc(NC(C)=O)c3)CC2)cc1. The van der Waals surface area contributed by atoms with Crippen molar-refractivity contribution in [3.8, 4) is 5.75 Å². The summed E-state index contributed by atoms with van der Waals surface area (Å²) >= 11 is 0. The second kappa shape index (κ2) is 11.4. The highest BCUT2D eigenvalue weighted by atomic mass is 16.5. The molecule has 0 bridgehead atoms. The van der Waals surface area contributed by atoms with Gasteiger partial charge >= 0.3 is 6.03 Å². The lowest BCUT2D eigenvalue weighted by atomic mass is 10.1. The third-order valence-corrected chi connectivity index (χ3v) is 5.75. The zero-order valence-electron chi connectivity index (χ0n) is 19.5. The Morgan fingerprint density at radius 2 is 1.67 bits per heavy atom. The molecule has 2 aromatic carbocycles. The van der Waals surface area contributed by atoms with E-state index in [-0.39, 0.29) is 23.9 Å². The Balaban J connectivity index is 1.44. The smallest absolute Gasteiger partial charge is 0.317 e. The number of amides is 4. The van der Waals surface area contributed by atoms with Crippen LogP contribution in [0.4, 0.5) is 10.5 Å². The summed E-state index contributed by atoms with van der Waals surface area (Å²) in [5.74, 6) is 0.767. The summed E-state index contributed by atoms with van der Waals surface area (Å²) in [6.07, 6.45) is 1.12. The van der Waals surface area contributed by atoms with Crippen molar-refractivity contribution in [3.63, 3.8) is 0 Å². The van der Waals surface area contributed by atoms with Gasteiger partial charge in [0, 0.05) is 45.2 Å². The Hall–Kier alpha value is -3.55. The van der Waals surface area contributed by atoms with Gasteiger partial charge in [-0.15, -0.1) is 0 Å². The fourth-order valence-corrected chi connectivity index (χ4v) is 3.81. The predicted octanol–water partition coefficient (Wildman–Crippen LogP) is 3.20. The lowest BCUT2D eigenvalue weighted by molar-refractivity contribution is -0.132. The Kier molecular flexibility index (Phi) is 8.29. The zero-order valence-corrected chi connectivity index (χ0v) is 19.5. The van der Waals surface area contributed by atoms with Crippen LogP contribution in [0.5, 0.6) is 5.75 Å². The van der Waals surface area contributed by atoms with E-state index < -0.39 is 0 Å². The Labute approximate surface area is 194 Å². The van der Waals surface area contributed by atoms with Crippen molar-refractivity contribution in [1.29, 1.82) is 0 Å². The summed E-state index contributed by atoms with van der Waals surface area (Å²) in [5.41, 5.74) is 2.70. The molecule has 0 saturated carbocycles. The van der Waals surface area contributed by atoms with E-state index in [2.05, 4.69) is 10.6 Å². The van der Waals surface area contributed by atoms with E-state index in [0.29, 0.717) is 44.7 Å². The summed E-state index contributed by atoms with van der Waals surface area (Å²) in [7, 11) is 1.63. The predicted molar refractivity (Wildman–Crippen MR) is 127 cm³/mol. The number of methoxy groups -OCH3 is 1. The Bertz CT molecular complexity index is 969. The van der Waals surface area contributed by atoms with Gasteiger partial charge in [0.1, 0.15) is 5.75 Å². The summed E-state index contributed by atoms with van der Waals surface area (Å²) in [5, 5.41) is 5.76. The average molecular weight is 453 g/mol. The van der Waals surface area contributed by atoms with Crippen molar-refractivity contribution >= 4 is 23.5 Å². The van der Waals surface area contributed by atoms with Crippen LogP contribution in [0, 0.1) is 0 Å². The molecule has 3 rings (SSSR count). The van der Waals surface area contributed by atoms with Crippen LogP contribution in [0.25, 0.3) is 0 Å². The number of benzene rings is 2. The van der Waals surface area contributed by atoms with Gasteiger partial charge in [-0.25, -0.2) is 4.79 Å². The number of ether oxygens (including phenoxy) is 1. The maximum Gasteiger partial charge on any atom is 0.317 e. The van der Waals surface area contributed by atoms with E-state index in [1.54, 1.807) is 12.0 Å². The molecule has 176 valence electrons. The summed E-state index contributed by atoms with van der Waals surface area (Å²) in [6.45, 7) is 5.42. The number of carbonyl (C=O) groups excluding carboxylic acids is 3. The number of piperazine rings is 1. The topological polar surface area (TPSA) is 91.0 Å². The minimum absolute atomic E-state index is 0.106. The number of urea groups is 1. The molecular formula is C25H32N4O4. The highest BCUT2D eigenvalue weighted by Crippen LogP contribution is 2.18. The maximum atomic E-state index is 12.7. The lowest BCUT2D eigenvalue weighted by Crippen LogP contribution is -2.53. The van der Waals surface area contributed by atoms with Gasteiger partial charge in [-0.05, 0) is 48.7 Å². The van der Waals surface area contributed by atoms with Gasteiger partial charge in [0.2, 0.25) is 11.8 Å². The van der Waals surface area contributed by atoms with Crippen molar-refractivity contribution < 1.29 is 19.1 Å². The van der Waals surface area contributed by atoms with Crippen LogP contribution in [0.15, 0.2) is 48.5 Å². The van der Waals surface area contributed by atoms with Crippen molar-refractivity contribution in [2.45, 2.75) is 32.7 Å². The van der Waals surface area contributed by atoms with Crippen LogP contribution in [0.3, 0.4) is 0 Å². The third kappa shape index (κ3) is 6.97. The van der Waals surface area contributed by atoms with Gasteiger partial charge in [-0.3, -0.25) is 9.59 Å². The molecule has 0 radical (unpaired) electrons. The van der Waals surface area contributed by atoms with Gasteiger partial charge in [-0.2, -0.15) is 0 Å². The number of rotatable bonds is 7. The van der Waals surface area contributed by atoms with E-state index in [1.807, 2.05) is 60.4 Å². The number of hydrogen-bond acceptors (Lipinski definition) is 4. The number of aryl methyl sites for hydroxylation is 1. The molecule has 2 N–H and O–H groups in total. The van der Waals surface area contributed by atoms with Crippen molar-refractivity contribution in [2.24, 2.45) is 0 Å². The first-order valence-electron chi connectivity index (χ1n) is 11.2. The third-order valence-electron chi connectivity index (χ3n) is 5.75. The molecule has 1 aliphatic heterocycles. The van der Waals surface area contributed by atoms with Crippen LogP contribution < -0.4 is 15.4 Å². The first kappa shape index (κ1) is 24.1. The minimum Gasteiger partial charge on any atom is -0.497 e. The normalized spacial score (nSPS) is 14.4. The molecule has 1 atom stereocenters. The van der Waals surface area contributed by atoms with Crippen LogP contribution in [0.1, 0.15) is 37.4 Å². The standard InChI is InChI=1S/C25H32N4O4/c1-18(21-5-4-6-22(17-21)27-19(2)30)26-25(32)29-15-13-28(14-16-29)24(31)12-9-20-7-10-23(33-3)11-8-20/h4-8,10-11,17-18H,9,12-16H2,1-3H3,(H,26,32)(H,27,30). The molecule has 1 heterocycles. The second-order valence-electron chi connectivity index (χ2n) is 8.19. The first-order chi connectivity index (χ1) is 15.9. The van der Waals surface area contributed by atoms with Gasteiger partial charge in [0.25, 0.3) is 0 Å². The van der Waals surface area contributed by atoms with E-state index in [4.69, 9.17) is 4.74 Å². The van der Waals surface area contributed by atoms with Crippen LogP contribution >= 0.6 is 0 Å². The molecule has 0 aromatic heterocycles. The average Bonchev–Trinajstić information content (AvgIpc) is 2.82. The van der Waals surface area contributed by atoms with Gasteiger partial charge < -0.3 is 25.2 Å². The van der Waals surface area contributed by atoms with Gasteiger partial charge in [0.15, 0.2) is 0 Å². The molecule has 1 aliphatic rings. The molecular weight excluding hydrogens is 420 g/mol. The molecule has 8 heteroatoms. The fraction of sp³-hybridized carbons (Fsp3) is 0.400. The van der Waals surface area contributed by atoms with E-state index in [0.717, 1.165) is 16.9 Å². The largest absolute Gasteiger partial charge is 0.497 e. The fourth-order valence-electron chi connectivity index (χ4n) is 3.81. The molecule has 33 heavy (non-hydrogen) atoms. The number of nitrogens with zero attached hydrogens (tertiary/aromatic N) is 2. The molecule has 0 aliphatic carbocycles.